The lowest BCUT2D eigenvalue weighted by molar-refractivity contribution is -0.149. The van der Waals surface area contributed by atoms with Crippen LogP contribution in [0.1, 0.15) is 37.1 Å². The van der Waals surface area contributed by atoms with E-state index in [0.29, 0.717) is 18.5 Å². The first kappa shape index (κ1) is 16.2. The molecule has 0 saturated carbocycles. The number of benzene rings is 1. The summed E-state index contributed by atoms with van der Waals surface area (Å²) in [7, 11) is 0. The predicted molar refractivity (Wildman–Crippen MR) is 88.3 cm³/mol. The quantitative estimate of drug-likeness (QED) is 0.914. The summed E-state index contributed by atoms with van der Waals surface area (Å²) < 4.78 is 1.76. The Balaban J connectivity index is 1.84. The Morgan fingerprint density at radius 1 is 1.21 bits per heavy atom. The fourth-order valence-electron chi connectivity index (χ4n) is 3.32. The van der Waals surface area contributed by atoms with Crippen molar-refractivity contribution in [2.45, 2.75) is 44.8 Å². The van der Waals surface area contributed by atoms with Crippen molar-refractivity contribution in [3.05, 3.63) is 53.9 Å². The highest BCUT2D eigenvalue weighted by Crippen LogP contribution is 2.36. The van der Waals surface area contributed by atoms with Crippen LogP contribution in [0.5, 0.6) is 0 Å². The van der Waals surface area contributed by atoms with E-state index < -0.39 is 12.0 Å². The van der Waals surface area contributed by atoms with Gasteiger partial charge < -0.3 is 10.0 Å². The predicted octanol–water partition coefficient (Wildman–Crippen LogP) is 2.26. The summed E-state index contributed by atoms with van der Waals surface area (Å²) in [4.78, 5) is 25.9. The highest BCUT2D eigenvalue weighted by atomic mass is 16.4. The van der Waals surface area contributed by atoms with E-state index in [1.165, 1.54) is 4.90 Å². The van der Waals surface area contributed by atoms with Crippen molar-refractivity contribution >= 4 is 11.9 Å². The van der Waals surface area contributed by atoms with Crippen LogP contribution < -0.4 is 0 Å². The zero-order valence-electron chi connectivity index (χ0n) is 13.6. The van der Waals surface area contributed by atoms with Crippen LogP contribution in [0, 0.1) is 0 Å². The molecule has 1 fully saturated rings. The van der Waals surface area contributed by atoms with Gasteiger partial charge in [0.25, 0.3) is 0 Å². The van der Waals surface area contributed by atoms with Crippen LogP contribution in [0.4, 0.5) is 0 Å². The Labute approximate surface area is 140 Å². The summed E-state index contributed by atoms with van der Waals surface area (Å²) in [5, 5.41) is 13.8. The normalized spacial score (nSPS) is 20.3. The number of aryl methyl sites for hydroxylation is 1. The van der Waals surface area contributed by atoms with E-state index in [0.717, 1.165) is 12.1 Å². The van der Waals surface area contributed by atoms with Crippen molar-refractivity contribution in [3.63, 3.8) is 0 Å². The molecule has 2 atom stereocenters. The molecule has 24 heavy (non-hydrogen) atoms. The summed E-state index contributed by atoms with van der Waals surface area (Å²) in [5.74, 6) is -1.13. The Bertz CT molecular complexity index is 726. The molecule has 1 saturated heterocycles. The molecule has 1 aromatic carbocycles. The van der Waals surface area contributed by atoms with E-state index >= 15 is 0 Å². The smallest absolute Gasteiger partial charge is 0.326 e. The van der Waals surface area contributed by atoms with Crippen LogP contribution in [0.2, 0.25) is 0 Å². The van der Waals surface area contributed by atoms with Crippen LogP contribution >= 0.6 is 0 Å². The number of nitrogens with zero attached hydrogens (tertiary/aromatic N) is 3. The topological polar surface area (TPSA) is 75.4 Å². The number of hydrogen-bond acceptors (Lipinski definition) is 3. The lowest BCUT2D eigenvalue weighted by atomic mass is 10.0. The highest BCUT2D eigenvalue weighted by Gasteiger charge is 2.41. The van der Waals surface area contributed by atoms with Gasteiger partial charge >= 0.3 is 5.97 Å². The Morgan fingerprint density at radius 3 is 2.58 bits per heavy atom. The lowest BCUT2D eigenvalue weighted by Crippen LogP contribution is -2.42. The second-order valence-electron chi connectivity index (χ2n) is 6.00. The molecule has 1 aliphatic rings. The average molecular weight is 327 g/mol. The van der Waals surface area contributed by atoms with Crippen LogP contribution in [0.3, 0.4) is 0 Å². The molecule has 1 aliphatic heterocycles. The first-order valence-electron chi connectivity index (χ1n) is 8.21. The van der Waals surface area contributed by atoms with Crippen molar-refractivity contribution < 1.29 is 14.7 Å². The Kier molecular flexibility index (Phi) is 4.64. The zero-order valence-corrected chi connectivity index (χ0v) is 13.6. The highest BCUT2D eigenvalue weighted by molar-refractivity contribution is 5.85. The Hall–Kier alpha value is -2.63. The number of carboxylic acid groups (broad SMARTS) is 1. The van der Waals surface area contributed by atoms with Gasteiger partial charge in [-0.3, -0.25) is 9.48 Å². The van der Waals surface area contributed by atoms with E-state index in [2.05, 4.69) is 5.10 Å². The van der Waals surface area contributed by atoms with Gasteiger partial charge in [-0.1, -0.05) is 30.3 Å². The van der Waals surface area contributed by atoms with Gasteiger partial charge in [-0.25, -0.2) is 4.79 Å². The van der Waals surface area contributed by atoms with E-state index in [-0.39, 0.29) is 18.4 Å². The first-order valence-corrected chi connectivity index (χ1v) is 8.21. The summed E-state index contributed by atoms with van der Waals surface area (Å²) in [5.41, 5.74) is 1.65. The first-order chi connectivity index (χ1) is 11.6. The average Bonchev–Trinajstić information content (AvgIpc) is 3.22. The number of amides is 1. The molecule has 6 nitrogen and oxygen atoms in total. The molecule has 126 valence electrons. The maximum absolute atomic E-state index is 12.8. The number of aromatic nitrogens is 2. The summed E-state index contributed by atoms with van der Waals surface area (Å²) >= 11 is 0. The number of hydrogen-bond donors (Lipinski definition) is 1. The standard InChI is InChI=1S/C18H21N3O3/c1-2-20-11-10-14(19-20)12-17(22)21-15(8-9-16(21)18(23)24)13-6-4-3-5-7-13/h3-7,10-11,15-16H,2,8-9,12H2,1H3,(H,23,24)/t15-,16?/m0/s1. The van der Waals surface area contributed by atoms with Crippen molar-refractivity contribution in [2.75, 3.05) is 0 Å². The van der Waals surface area contributed by atoms with Crippen molar-refractivity contribution in [2.24, 2.45) is 0 Å². The van der Waals surface area contributed by atoms with Crippen molar-refractivity contribution in [1.29, 1.82) is 0 Å². The van der Waals surface area contributed by atoms with Gasteiger partial charge in [0, 0.05) is 12.7 Å². The molecule has 1 unspecified atom stereocenters. The van der Waals surface area contributed by atoms with Crippen LogP contribution in [-0.2, 0) is 22.6 Å². The summed E-state index contributed by atoms with van der Waals surface area (Å²) in [6.45, 7) is 2.72. The summed E-state index contributed by atoms with van der Waals surface area (Å²) in [6.07, 6.45) is 3.09. The fourth-order valence-corrected chi connectivity index (χ4v) is 3.32. The second-order valence-corrected chi connectivity index (χ2v) is 6.00. The minimum absolute atomic E-state index is 0.125. The third-order valence-corrected chi connectivity index (χ3v) is 4.49. The third kappa shape index (κ3) is 3.18. The SMILES string of the molecule is CCn1ccc(CC(=O)N2C(C(=O)O)CC[C@H]2c2ccccc2)n1. The van der Waals surface area contributed by atoms with Crippen LogP contribution in [0.25, 0.3) is 0 Å². The number of carbonyl (C=O) groups excluding carboxylic acids is 1. The number of carboxylic acids is 1. The Morgan fingerprint density at radius 2 is 1.96 bits per heavy atom. The molecule has 6 heteroatoms. The fraction of sp³-hybridized carbons (Fsp3) is 0.389. The van der Waals surface area contributed by atoms with Crippen LogP contribution in [-0.4, -0.2) is 37.7 Å². The van der Waals surface area contributed by atoms with Crippen molar-refractivity contribution in [3.8, 4) is 0 Å². The molecule has 1 aromatic heterocycles. The maximum atomic E-state index is 12.8. The molecule has 3 rings (SSSR count). The van der Waals surface area contributed by atoms with Gasteiger partial charge in [-0.2, -0.15) is 5.10 Å². The van der Waals surface area contributed by atoms with Crippen LogP contribution in [0.15, 0.2) is 42.6 Å². The minimum Gasteiger partial charge on any atom is -0.480 e. The monoisotopic (exact) mass is 327 g/mol. The molecule has 0 radical (unpaired) electrons. The molecule has 0 spiro atoms. The van der Waals surface area contributed by atoms with Gasteiger partial charge in [0.2, 0.25) is 5.91 Å². The molecule has 2 heterocycles. The zero-order chi connectivity index (χ0) is 17.1. The molecule has 1 amide bonds. The van der Waals surface area contributed by atoms with E-state index in [1.807, 2.05) is 49.5 Å². The number of rotatable bonds is 5. The molecule has 0 aliphatic carbocycles. The number of likely N-dealkylation sites (tertiary alicyclic amines) is 1. The van der Waals surface area contributed by atoms with Gasteiger partial charge in [-0.05, 0) is 31.4 Å². The van der Waals surface area contributed by atoms with Gasteiger partial charge in [0.15, 0.2) is 0 Å². The van der Waals surface area contributed by atoms with Gasteiger partial charge in [-0.15, -0.1) is 0 Å². The minimum atomic E-state index is -0.944. The number of carbonyl (C=O) groups is 2. The van der Waals surface area contributed by atoms with E-state index in [4.69, 9.17) is 0 Å². The van der Waals surface area contributed by atoms with E-state index in [9.17, 15) is 14.7 Å². The maximum Gasteiger partial charge on any atom is 0.326 e. The molecular formula is C18H21N3O3. The molecule has 0 bridgehead atoms. The third-order valence-electron chi connectivity index (χ3n) is 4.49. The molecular weight excluding hydrogens is 306 g/mol. The molecule has 2 aromatic rings. The second kappa shape index (κ2) is 6.86. The van der Waals surface area contributed by atoms with Crippen molar-refractivity contribution in [1.82, 2.24) is 14.7 Å². The van der Waals surface area contributed by atoms with Gasteiger partial charge in [0.05, 0.1) is 18.2 Å². The molecule has 1 N–H and O–H groups in total. The number of aliphatic carboxylic acids is 1. The summed E-state index contributed by atoms with van der Waals surface area (Å²) in [6, 6.07) is 10.5. The van der Waals surface area contributed by atoms with Gasteiger partial charge in [0.1, 0.15) is 6.04 Å². The van der Waals surface area contributed by atoms with E-state index in [1.54, 1.807) is 4.68 Å². The lowest BCUT2D eigenvalue weighted by Gasteiger charge is -2.28. The largest absolute Gasteiger partial charge is 0.480 e.